The van der Waals surface area contributed by atoms with E-state index in [-0.39, 0.29) is 12.5 Å². The lowest BCUT2D eigenvalue weighted by molar-refractivity contribution is -0.123. The number of amides is 1. The summed E-state index contributed by atoms with van der Waals surface area (Å²) in [7, 11) is 6.31. The molecule has 0 atom stereocenters. The van der Waals surface area contributed by atoms with E-state index in [2.05, 4.69) is 15.0 Å². The molecule has 45 heavy (non-hydrogen) atoms. The van der Waals surface area contributed by atoms with Crippen molar-refractivity contribution in [2.24, 2.45) is 5.16 Å². The molecule has 1 fully saturated rings. The topological polar surface area (TPSA) is 104 Å². The maximum atomic E-state index is 13.6. The van der Waals surface area contributed by atoms with Gasteiger partial charge in [0, 0.05) is 49.0 Å². The van der Waals surface area contributed by atoms with Gasteiger partial charge in [-0.3, -0.25) is 14.7 Å². The van der Waals surface area contributed by atoms with E-state index < -0.39 is 0 Å². The summed E-state index contributed by atoms with van der Waals surface area (Å²) in [6.07, 6.45) is 1.69. The summed E-state index contributed by atoms with van der Waals surface area (Å²) in [4.78, 5) is 28.2. The van der Waals surface area contributed by atoms with Crippen molar-refractivity contribution in [2.45, 2.75) is 0 Å². The van der Waals surface area contributed by atoms with Crippen molar-refractivity contribution in [3.8, 4) is 23.0 Å². The van der Waals surface area contributed by atoms with E-state index in [4.69, 9.17) is 28.5 Å². The second kappa shape index (κ2) is 15.2. The van der Waals surface area contributed by atoms with Crippen molar-refractivity contribution < 1.29 is 33.3 Å². The standard InChI is InChI=1S/C34H38N4O7/c1-40-28-11-10-25(21-29(28)41-2)33(34-27-22-31(43-4)30(42-3)20-24(27)12-13-35-34)36-45-23-32(39)38(26-8-6-5-7-9-26)15-14-37-16-18-44-19-17-37/h5-13,20-22H,14-19,23H2,1-4H3/b36-33+. The molecule has 1 amide bonds. The molecule has 0 aliphatic carbocycles. The van der Waals surface area contributed by atoms with Crippen LogP contribution in [0.3, 0.4) is 0 Å². The lowest BCUT2D eigenvalue weighted by atomic mass is 10.0. The van der Waals surface area contributed by atoms with Crippen LogP contribution in [0.4, 0.5) is 5.69 Å². The van der Waals surface area contributed by atoms with Gasteiger partial charge in [0.1, 0.15) is 11.4 Å². The second-order valence-electron chi connectivity index (χ2n) is 10.2. The van der Waals surface area contributed by atoms with Crippen LogP contribution in [0.15, 0.2) is 78.1 Å². The molecular weight excluding hydrogens is 576 g/mol. The number of hydrogen-bond donors (Lipinski definition) is 0. The van der Waals surface area contributed by atoms with Crippen LogP contribution in [0, 0.1) is 0 Å². The minimum Gasteiger partial charge on any atom is -0.493 e. The molecule has 0 N–H and O–H groups in total. The Hall–Kier alpha value is -4.87. The van der Waals surface area contributed by atoms with Gasteiger partial charge in [-0.05, 0) is 53.9 Å². The molecule has 1 aliphatic rings. The van der Waals surface area contributed by atoms with E-state index >= 15 is 0 Å². The molecule has 4 aromatic rings. The number of rotatable bonds is 13. The maximum Gasteiger partial charge on any atom is 0.267 e. The highest BCUT2D eigenvalue weighted by atomic mass is 16.6. The molecule has 3 aromatic carbocycles. The number of hydrogen-bond acceptors (Lipinski definition) is 10. The highest BCUT2D eigenvalue weighted by Crippen LogP contribution is 2.35. The molecule has 0 saturated carbocycles. The van der Waals surface area contributed by atoms with Gasteiger partial charge in [-0.25, -0.2) is 0 Å². The Morgan fingerprint density at radius 2 is 1.56 bits per heavy atom. The zero-order chi connectivity index (χ0) is 31.6. The van der Waals surface area contributed by atoms with Crippen molar-refractivity contribution in [3.05, 3.63) is 84.2 Å². The van der Waals surface area contributed by atoms with Gasteiger partial charge in [0.05, 0.1) is 41.7 Å². The zero-order valence-electron chi connectivity index (χ0n) is 26.0. The molecule has 0 bridgehead atoms. The number of anilines is 1. The van der Waals surface area contributed by atoms with Crippen LogP contribution in [0.25, 0.3) is 10.8 Å². The van der Waals surface area contributed by atoms with Crippen LogP contribution >= 0.6 is 0 Å². The molecule has 1 aliphatic heterocycles. The normalized spacial score (nSPS) is 13.7. The summed E-state index contributed by atoms with van der Waals surface area (Å²) in [6.45, 7) is 3.99. The van der Waals surface area contributed by atoms with Crippen molar-refractivity contribution in [1.29, 1.82) is 0 Å². The van der Waals surface area contributed by atoms with E-state index in [1.165, 1.54) is 0 Å². The third-order valence-electron chi connectivity index (χ3n) is 7.61. The number of benzene rings is 3. The fourth-order valence-electron chi connectivity index (χ4n) is 5.21. The van der Waals surface area contributed by atoms with E-state index in [0.717, 1.165) is 36.1 Å². The number of fused-ring (bicyclic) bond motifs is 1. The number of ether oxygens (including phenoxy) is 5. The van der Waals surface area contributed by atoms with Crippen molar-refractivity contribution in [1.82, 2.24) is 9.88 Å². The van der Waals surface area contributed by atoms with E-state index in [0.29, 0.717) is 59.7 Å². The first-order valence-corrected chi connectivity index (χ1v) is 14.6. The number of morpholine rings is 1. The summed E-state index contributed by atoms with van der Waals surface area (Å²) < 4.78 is 27.6. The van der Waals surface area contributed by atoms with Gasteiger partial charge in [0.15, 0.2) is 29.6 Å². The predicted molar refractivity (Wildman–Crippen MR) is 172 cm³/mol. The third kappa shape index (κ3) is 7.44. The van der Waals surface area contributed by atoms with E-state index in [1.807, 2.05) is 54.6 Å². The van der Waals surface area contributed by atoms with Gasteiger partial charge < -0.3 is 33.4 Å². The molecule has 236 valence electrons. The fraction of sp³-hybridized carbons (Fsp3) is 0.324. The number of oxime groups is 1. The van der Waals surface area contributed by atoms with Crippen molar-refractivity contribution in [2.75, 3.05) is 79.3 Å². The van der Waals surface area contributed by atoms with Gasteiger partial charge in [-0.15, -0.1) is 0 Å². The number of carbonyl (C=O) groups excluding carboxylic acids is 1. The molecule has 1 saturated heterocycles. The molecule has 0 spiro atoms. The Kier molecular flexibility index (Phi) is 10.7. The monoisotopic (exact) mass is 614 g/mol. The molecular formula is C34H38N4O7. The van der Waals surface area contributed by atoms with Crippen LogP contribution in [0.1, 0.15) is 11.3 Å². The summed E-state index contributed by atoms with van der Waals surface area (Å²) in [5.41, 5.74) is 2.38. The van der Waals surface area contributed by atoms with Gasteiger partial charge in [-0.2, -0.15) is 0 Å². The zero-order valence-corrected chi connectivity index (χ0v) is 26.0. The van der Waals surface area contributed by atoms with Gasteiger partial charge >= 0.3 is 0 Å². The molecule has 1 aromatic heterocycles. The largest absolute Gasteiger partial charge is 0.493 e. The first-order valence-electron chi connectivity index (χ1n) is 14.6. The average Bonchev–Trinajstić information content (AvgIpc) is 3.10. The minimum absolute atomic E-state index is 0.220. The lowest BCUT2D eigenvalue weighted by Gasteiger charge is -2.30. The summed E-state index contributed by atoms with van der Waals surface area (Å²) in [6, 6.07) is 20.6. The van der Waals surface area contributed by atoms with Gasteiger partial charge in [-0.1, -0.05) is 23.4 Å². The molecule has 0 radical (unpaired) electrons. The quantitative estimate of drug-likeness (QED) is 0.160. The molecule has 11 nitrogen and oxygen atoms in total. The Bertz CT molecular complexity index is 1620. The molecule has 11 heteroatoms. The van der Waals surface area contributed by atoms with Gasteiger partial charge in [0.25, 0.3) is 5.91 Å². The summed E-state index contributed by atoms with van der Waals surface area (Å²) in [5, 5.41) is 6.14. The first kappa shape index (κ1) is 31.6. The highest BCUT2D eigenvalue weighted by Gasteiger charge is 2.21. The Morgan fingerprint density at radius 1 is 0.867 bits per heavy atom. The van der Waals surface area contributed by atoms with Crippen molar-refractivity contribution >= 4 is 28.1 Å². The Balaban J connectivity index is 1.48. The highest BCUT2D eigenvalue weighted by molar-refractivity contribution is 6.18. The Morgan fingerprint density at radius 3 is 2.27 bits per heavy atom. The van der Waals surface area contributed by atoms with Crippen LogP contribution < -0.4 is 23.8 Å². The average molecular weight is 615 g/mol. The number of pyridine rings is 1. The maximum absolute atomic E-state index is 13.6. The number of para-hydroxylation sites is 1. The van der Waals surface area contributed by atoms with Crippen molar-refractivity contribution in [3.63, 3.8) is 0 Å². The summed E-state index contributed by atoms with van der Waals surface area (Å²) >= 11 is 0. The number of aromatic nitrogens is 1. The predicted octanol–water partition coefficient (Wildman–Crippen LogP) is 4.40. The minimum atomic E-state index is -0.281. The number of methoxy groups -OCH3 is 4. The van der Waals surface area contributed by atoms with E-state index in [1.54, 1.807) is 51.7 Å². The lowest BCUT2D eigenvalue weighted by Crippen LogP contribution is -2.44. The second-order valence-corrected chi connectivity index (χ2v) is 10.2. The SMILES string of the molecule is COc1ccc(/C(=N\OCC(=O)N(CCN2CCOCC2)c2ccccc2)c2nccc3cc(OC)c(OC)cc23)cc1OC. The number of nitrogens with zero attached hydrogens (tertiary/aromatic N) is 4. The van der Waals surface area contributed by atoms with Crippen LogP contribution in [0.5, 0.6) is 23.0 Å². The number of carbonyl (C=O) groups is 1. The molecule has 2 heterocycles. The smallest absolute Gasteiger partial charge is 0.267 e. The fourth-order valence-corrected chi connectivity index (χ4v) is 5.21. The first-order chi connectivity index (χ1) is 22.1. The van der Waals surface area contributed by atoms with Gasteiger partial charge in [0.2, 0.25) is 0 Å². The van der Waals surface area contributed by atoms with Crippen LogP contribution in [0.2, 0.25) is 0 Å². The molecule has 5 rings (SSSR count). The summed E-state index contributed by atoms with van der Waals surface area (Å²) in [5.74, 6) is 1.99. The van der Waals surface area contributed by atoms with Crippen LogP contribution in [-0.2, 0) is 14.4 Å². The Labute approximate surface area is 262 Å². The molecule has 0 unspecified atom stereocenters. The van der Waals surface area contributed by atoms with E-state index in [9.17, 15) is 4.79 Å². The van der Waals surface area contributed by atoms with Crippen LogP contribution in [-0.4, -0.2) is 95.9 Å². The third-order valence-corrected chi connectivity index (χ3v) is 7.61.